The van der Waals surface area contributed by atoms with Crippen molar-refractivity contribution in [2.24, 2.45) is 14.1 Å². The minimum atomic E-state index is -0.323. The van der Waals surface area contributed by atoms with Crippen LogP contribution in [0, 0.1) is 11.6 Å². The van der Waals surface area contributed by atoms with Gasteiger partial charge in [-0.2, -0.15) is 0 Å². The number of fused-ring (bicyclic) bond motifs is 2. The van der Waals surface area contributed by atoms with Crippen molar-refractivity contribution in [1.29, 1.82) is 0 Å². The van der Waals surface area contributed by atoms with Gasteiger partial charge in [-0.3, -0.25) is 9.59 Å². The molecule has 0 aliphatic heterocycles. The molecule has 0 radical (unpaired) electrons. The van der Waals surface area contributed by atoms with Crippen LogP contribution in [0.4, 0.5) is 8.78 Å². The summed E-state index contributed by atoms with van der Waals surface area (Å²) in [6.45, 7) is 0.174. The number of halogens is 3. The summed E-state index contributed by atoms with van der Waals surface area (Å²) in [5.74, 6) is 1.07. The summed E-state index contributed by atoms with van der Waals surface area (Å²) >= 11 is 5.63. The van der Waals surface area contributed by atoms with E-state index in [1.807, 2.05) is 62.6 Å². The van der Waals surface area contributed by atoms with Crippen LogP contribution in [-0.2, 0) is 71.3 Å². The van der Waals surface area contributed by atoms with Gasteiger partial charge in [-0.25, -0.2) is 8.78 Å². The number of carbonyl (C=O) groups is 2. The molecule has 8 rings (SSSR count). The molecule has 2 aliphatic rings. The third-order valence-electron chi connectivity index (χ3n) is 11.5. The van der Waals surface area contributed by atoms with Crippen LogP contribution in [0.3, 0.4) is 0 Å². The minimum absolute atomic E-state index is 0.0628. The zero-order chi connectivity index (χ0) is 44.9. The van der Waals surface area contributed by atoms with Crippen LogP contribution in [0.15, 0.2) is 85.5 Å². The number of carbonyl (C=O) groups excluding carboxylic acids is 2. The van der Waals surface area contributed by atoms with Crippen molar-refractivity contribution in [3.8, 4) is 11.5 Å². The second-order valence-electron chi connectivity index (χ2n) is 15.6. The van der Waals surface area contributed by atoms with Crippen LogP contribution in [0.5, 0.6) is 11.5 Å². The SMILES string of the molecule is COC(=O)C[C@@H](c1ccc(O)cc1)c1nncn1C.COC(=O)C[C@@H](c1ccc(OCc2ccc3c(c2F)CCCC3)cc1)c1nncn1C.Fc1c(CCl)ccc2c1CCCC2. The van der Waals surface area contributed by atoms with E-state index in [1.165, 1.54) is 26.2 Å². The van der Waals surface area contributed by atoms with E-state index in [-0.39, 0.29) is 66.5 Å². The molecular formula is C48H53ClF2N6O6. The van der Waals surface area contributed by atoms with E-state index in [0.29, 0.717) is 28.5 Å². The van der Waals surface area contributed by atoms with Crippen molar-refractivity contribution in [2.75, 3.05) is 14.2 Å². The first kappa shape index (κ1) is 46.4. The monoisotopic (exact) mass is 882 g/mol. The van der Waals surface area contributed by atoms with Gasteiger partial charge in [0.05, 0.1) is 44.8 Å². The number of alkyl halides is 1. The maximum atomic E-state index is 14.8. The summed E-state index contributed by atoms with van der Waals surface area (Å²) < 4.78 is 47.5. The van der Waals surface area contributed by atoms with E-state index in [1.54, 1.807) is 46.1 Å². The Bertz CT molecular complexity index is 2460. The lowest BCUT2D eigenvalue weighted by atomic mass is 9.90. The van der Waals surface area contributed by atoms with Crippen molar-refractivity contribution in [2.45, 2.75) is 88.5 Å². The molecule has 0 unspecified atom stereocenters. The van der Waals surface area contributed by atoms with Crippen molar-refractivity contribution in [1.82, 2.24) is 29.5 Å². The number of phenolic OH excluding ortho intramolecular Hbond substituents is 1. The normalized spacial score (nSPS) is 13.8. The van der Waals surface area contributed by atoms with Crippen molar-refractivity contribution in [3.63, 3.8) is 0 Å². The number of phenols is 1. The standard InChI is InChI=1S/C24H26FN3O3.C13H15N3O3.C11H12ClF/c1-28-15-26-27-24(28)21(13-22(29)30-2)17-9-11-19(12-10-17)31-14-18-8-7-16-5-3-4-6-20(16)23(18)25;1-16-8-14-15-13(16)11(7-12(18)19-2)9-3-5-10(17)6-4-9;12-7-9-6-5-8-3-1-2-4-10(8)11(9)13/h7-12,15,21H,3-6,13-14H2,1-2H3;3-6,8,11,17H,7H2,1-2H3;5-6H,1-4,7H2/t21-;11-;/m00./s1. The molecule has 2 heterocycles. The van der Waals surface area contributed by atoms with Gasteiger partial charge in [0.1, 0.15) is 54.0 Å². The largest absolute Gasteiger partial charge is 0.508 e. The lowest BCUT2D eigenvalue weighted by Gasteiger charge is -2.18. The maximum absolute atomic E-state index is 14.8. The summed E-state index contributed by atoms with van der Waals surface area (Å²) in [5, 5.41) is 25.3. The number of nitrogens with zero attached hydrogens (tertiary/aromatic N) is 6. The van der Waals surface area contributed by atoms with Crippen molar-refractivity contribution in [3.05, 3.63) is 153 Å². The summed E-state index contributed by atoms with van der Waals surface area (Å²) in [7, 11) is 6.38. The van der Waals surface area contributed by atoms with Crippen molar-refractivity contribution >= 4 is 23.5 Å². The molecule has 0 bridgehead atoms. The molecule has 0 saturated carbocycles. The molecule has 2 aromatic heterocycles. The summed E-state index contributed by atoms with van der Waals surface area (Å²) in [4.78, 5) is 23.5. The van der Waals surface area contributed by atoms with Gasteiger partial charge in [0.15, 0.2) is 0 Å². The Morgan fingerprint density at radius 1 is 0.667 bits per heavy atom. The lowest BCUT2D eigenvalue weighted by Crippen LogP contribution is -2.14. The number of ether oxygens (including phenoxy) is 3. The van der Waals surface area contributed by atoms with Crippen LogP contribution >= 0.6 is 11.6 Å². The fourth-order valence-corrected chi connectivity index (χ4v) is 8.18. The predicted molar refractivity (Wildman–Crippen MR) is 233 cm³/mol. The van der Waals surface area contributed by atoms with Gasteiger partial charge in [0.25, 0.3) is 0 Å². The second kappa shape index (κ2) is 22.3. The number of aromatic nitrogens is 6. The zero-order valence-electron chi connectivity index (χ0n) is 36.0. The first-order chi connectivity index (χ1) is 30.5. The Morgan fingerprint density at radius 2 is 1.11 bits per heavy atom. The Labute approximate surface area is 371 Å². The molecule has 4 aromatic carbocycles. The van der Waals surface area contributed by atoms with E-state index in [2.05, 4.69) is 20.4 Å². The molecule has 63 heavy (non-hydrogen) atoms. The Balaban J connectivity index is 0.000000175. The van der Waals surface area contributed by atoms with Crippen LogP contribution in [0.1, 0.15) is 107 Å². The topological polar surface area (TPSA) is 143 Å². The Kier molecular flexibility index (Phi) is 16.4. The fraction of sp³-hybridized carbons (Fsp3) is 0.375. The predicted octanol–water partition coefficient (Wildman–Crippen LogP) is 8.77. The van der Waals surface area contributed by atoms with E-state index in [4.69, 9.17) is 25.8 Å². The van der Waals surface area contributed by atoms with E-state index >= 15 is 0 Å². The fourth-order valence-electron chi connectivity index (χ4n) is 7.97. The number of hydrogen-bond donors (Lipinski definition) is 1. The molecular weight excluding hydrogens is 830 g/mol. The Hall–Kier alpha value is -6.15. The maximum Gasteiger partial charge on any atom is 0.306 e. The minimum Gasteiger partial charge on any atom is -0.508 e. The number of rotatable bonds is 12. The summed E-state index contributed by atoms with van der Waals surface area (Å²) in [6, 6.07) is 21.8. The first-order valence-electron chi connectivity index (χ1n) is 21.0. The van der Waals surface area contributed by atoms with Crippen LogP contribution in [0.2, 0.25) is 0 Å². The lowest BCUT2D eigenvalue weighted by molar-refractivity contribution is -0.141. The van der Waals surface area contributed by atoms with Gasteiger partial charge in [-0.05, 0) is 109 Å². The Morgan fingerprint density at radius 3 is 1.56 bits per heavy atom. The molecule has 15 heteroatoms. The molecule has 12 nitrogen and oxygen atoms in total. The number of benzene rings is 4. The third kappa shape index (κ3) is 11.9. The van der Waals surface area contributed by atoms with E-state index in [9.17, 15) is 23.5 Å². The van der Waals surface area contributed by atoms with Crippen LogP contribution in [-0.4, -0.2) is 60.8 Å². The molecule has 6 aromatic rings. The quantitative estimate of drug-likeness (QED) is 0.0936. The van der Waals surface area contributed by atoms with Gasteiger partial charge in [0, 0.05) is 25.2 Å². The third-order valence-corrected chi connectivity index (χ3v) is 11.8. The van der Waals surface area contributed by atoms with Crippen LogP contribution in [0.25, 0.3) is 0 Å². The molecule has 332 valence electrons. The second-order valence-corrected chi connectivity index (χ2v) is 15.9. The van der Waals surface area contributed by atoms with Gasteiger partial charge in [-0.15, -0.1) is 32.0 Å². The van der Waals surface area contributed by atoms with Gasteiger partial charge < -0.3 is 28.5 Å². The van der Waals surface area contributed by atoms with Gasteiger partial charge in [0.2, 0.25) is 0 Å². The molecule has 2 atom stereocenters. The highest BCUT2D eigenvalue weighted by molar-refractivity contribution is 6.17. The van der Waals surface area contributed by atoms with E-state index in [0.717, 1.165) is 72.8 Å². The summed E-state index contributed by atoms with van der Waals surface area (Å²) in [6.07, 6.45) is 11.6. The van der Waals surface area contributed by atoms with Crippen molar-refractivity contribution < 1.29 is 37.7 Å². The average molecular weight is 883 g/mol. The van der Waals surface area contributed by atoms with Gasteiger partial charge in [-0.1, -0.05) is 48.5 Å². The smallest absolute Gasteiger partial charge is 0.306 e. The number of esters is 2. The van der Waals surface area contributed by atoms with Crippen LogP contribution < -0.4 is 4.74 Å². The van der Waals surface area contributed by atoms with E-state index < -0.39 is 0 Å². The number of aromatic hydroxyl groups is 1. The highest BCUT2D eigenvalue weighted by Gasteiger charge is 2.25. The molecule has 2 aliphatic carbocycles. The highest BCUT2D eigenvalue weighted by atomic mass is 35.5. The number of methoxy groups -OCH3 is 2. The zero-order valence-corrected chi connectivity index (χ0v) is 36.8. The molecule has 0 fully saturated rings. The molecule has 0 spiro atoms. The number of aryl methyl sites for hydroxylation is 4. The highest BCUT2D eigenvalue weighted by Crippen LogP contribution is 2.31. The first-order valence-corrected chi connectivity index (χ1v) is 21.5. The average Bonchev–Trinajstić information content (AvgIpc) is 3.95. The molecule has 0 amide bonds. The summed E-state index contributed by atoms with van der Waals surface area (Å²) in [5.41, 5.74) is 7.04. The van der Waals surface area contributed by atoms with Gasteiger partial charge >= 0.3 is 11.9 Å². The molecule has 0 saturated heterocycles. The number of hydrogen-bond acceptors (Lipinski definition) is 10. The molecule has 1 N–H and O–H groups in total.